The summed E-state index contributed by atoms with van der Waals surface area (Å²) < 4.78 is 4.58. The Hall–Kier alpha value is -3.45. The van der Waals surface area contributed by atoms with Crippen LogP contribution in [0.25, 0.3) is 11.0 Å². The van der Waals surface area contributed by atoms with Gasteiger partial charge in [-0.2, -0.15) is 0 Å². The van der Waals surface area contributed by atoms with Gasteiger partial charge in [-0.25, -0.2) is 0 Å². The highest BCUT2D eigenvalue weighted by atomic mass is 32.1. The van der Waals surface area contributed by atoms with Crippen LogP contribution in [0.1, 0.15) is 0 Å². The zero-order chi connectivity index (χ0) is 19.5. The number of nitrogens with one attached hydrogen (secondary N) is 2. The van der Waals surface area contributed by atoms with Crippen molar-refractivity contribution in [3.8, 4) is 11.5 Å². The Morgan fingerprint density at radius 1 is 0.643 bits per heavy atom. The van der Waals surface area contributed by atoms with Crippen molar-refractivity contribution < 1.29 is 10.2 Å². The first-order chi connectivity index (χ1) is 13.6. The second-order valence-corrected chi connectivity index (χ2v) is 6.70. The monoisotopic (exact) mass is 392 g/mol. The van der Waals surface area contributed by atoms with E-state index in [0.717, 1.165) is 11.0 Å². The standard InChI is InChI=1S/C21H20N4O2S/c26-19-11-5-1-7-15(19)22-13-24-17-9-3-4-10-18(17)25(21(24)28)14-23-16-8-2-6-12-20(16)27/h1-12,22-23,26-27H,13-14H2. The van der Waals surface area contributed by atoms with Gasteiger partial charge in [0.25, 0.3) is 0 Å². The molecule has 0 fully saturated rings. The minimum absolute atomic E-state index is 0.193. The van der Waals surface area contributed by atoms with E-state index in [2.05, 4.69) is 10.6 Å². The topological polar surface area (TPSA) is 74.4 Å². The fourth-order valence-electron chi connectivity index (χ4n) is 3.15. The van der Waals surface area contributed by atoms with Crippen molar-refractivity contribution in [3.63, 3.8) is 0 Å². The van der Waals surface area contributed by atoms with Crippen molar-refractivity contribution in [1.29, 1.82) is 0 Å². The number of aromatic nitrogens is 2. The minimum Gasteiger partial charge on any atom is -0.506 e. The summed E-state index contributed by atoms with van der Waals surface area (Å²) in [7, 11) is 0. The summed E-state index contributed by atoms with van der Waals surface area (Å²) in [6.07, 6.45) is 0. The van der Waals surface area contributed by atoms with E-state index < -0.39 is 0 Å². The maximum atomic E-state index is 9.98. The summed E-state index contributed by atoms with van der Waals surface area (Å²) in [5.41, 5.74) is 3.26. The molecule has 0 aliphatic heterocycles. The molecule has 0 bridgehead atoms. The lowest BCUT2D eigenvalue weighted by molar-refractivity contribution is 0.476. The van der Waals surface area contributed by atoms with E-state index in [-0.39, 0.29) is 11.5 Å². The molecule has 0 unspecified atom stereocenters. The average Bonchev–Trinajstić information content (AvgIpc) is 2.98. The van der Waals surface area contributed by atoms with Gasteiger partial charge < -0.3 is 20.8 Å². The van der Waals surface area contributed by atoms with Gasteiger partial charge in [0.2, 0.25) is 0 Å². The lowest BCUT2D eigenvalue weighted by Gasteiger charge is -2.11. The van der Waals surface area contributed by atoms with Gasteiger partial charge >= 0.3 is 0 Å². The molecule has 0 atom stereocenters. The van der Waals surface area contributed by atoms with Crippen LogP contribution in [-0.2, 0) is 13.3 Å². The van der Waals surface area contributed by atoms with Crippen molar-refractivity contribution in [2.75, 3.05) is 10.6 Å². The number of nitrogens with zero attached hydrogens (tertiary/aromatic N) is 2. The molecule has 0 aliphatic carbocycles. The van der Waals surface area contributed by atoms with Gasteiger partial charge in [-0.3, -0.25) is 9.13 Å². The molecule has 4 aromatic rings. The van der Waals surface area contributed by atoms with E-state index in [1.54, 1.807) is 24.3 Å². The van der Waals surface area contributed by atoms with Crippen LogP contribution in [0.5, 0.6) is 11.5 Å². The third-order valence-corrected chi connectivity index (χ3v) is 5.03. The van der Waals surface area contributed by atoms with Gasteiger partial charge in [0.15, 0.2) is 4.77 Å². The number of hydrogen-bond acceptors (Lipinski definition) is 5. The molecule has 3 aromatic carbocycles. The molecule has 4 rings (SSSR count). The van der Waals surface area contributed by atoms with Gasteiger partial charge in [0.1, 0.15) is 11.5 Å². The van der Waals surface area contributed by atoms with Crippen molar-refractivity contribution in [3.05, 3.63) is 77.6 Å². The lowest BCUT2D eigenvalue weighted by atomic mass is 10.3. The summed E-state index contributed by atoms with van der Waals surface area (Å²) in [5, 5.41) is 26.4. The van der Waals surface area contributed by atoms with E-state index in [9.17, 15) is 10.2 Å². The molecule has 0 aliphatic rings. The smallest absolute Gasteiger partial charge is 0.183 e. The van der Waals surface area contributed by atoms with E-state index in [0.29, 0.717) is 29.5 Å². The molecule has 6 nitrogen and oxygen atoms in total. The molecule has 0 radical (unpaired) electrons. The third-order valence-electron chi connectivity index (χ3n) is 4.59. The predicted molar refractivity (Wildman–Crippen MR) is 114 cm³/mol. The van der Waals surface area contributed by atoms with E-state index in [4.69, 9.17) is 12.2 Å². The van der Waals surface area contributed by atoms with E-state index in [1.165, 1.54) is 0 Å². The molecule has 1 aromatic heterocycles. The van der Waals surface area contributed by atoms with Crippen molar-refractivity contribution in [1.82, 2.24) is 9.13 Å². The Kier molecular flexibility index (Phi) is 4.90. The third kappa shape index (κ3) is 3.39. The maximum Gasteiger partial charge on any atom is 0.183 e. The van der Waals surface area contributed by atoms with E-state index in [1.807, 2.05) is 57.7 Å². The van der Waals surface area contributed by atoms with Gasteiger partial charge in [0.05, 0.1) is 35.7 Å². The second-order valence-electron chi connectivity index (χ2n) is 6.33. The van der Waals surface area contributed by atoms with Crippen LogP contribution in [0.15, 0.2) is 72.8 Å². The van der Waals surface area contributed by atoms with Crippen LogP contribution >= 0.6 is 12.2 Å². The SMILES string of the molecule is Oc1ccccc1NCn1c(=S)n(CNc2ccccc2O)c2ccccc21. The molecule has 7 heteroatoms. The number of phenols is 2. The fourth-order valence-corrected chi connectivity index (χ4v) is 3.48. The first-order valence-corrected chi connectivity index (χ1v) is 9.28. The molecule has 28 heavy (non-hydrogen) atoms. The molecule has 0 saturated carbocycles. The number of hydrogen-bond donors (Lipinski definition) is 4. The molecule has 1 heterocycles. The van der Waals surface area contributed by atoms with Crippen LogP contribution in [0.4, 0.5) is 11.4 Å². The number of aromatic hydroxyl groups is 2. The molecule has 0 amide bonds. The lowest BCUT2D eigenvalue weighted by Crippen LogP contribution is -2.11. The summed E-state index contributed by atoms with van der Waals surface area (Å²) in [4.78, 5) is 0. The van der Waals surface area contributed by atoms with E-state index >= 15 is 0 Å². The Bertz CT molecular complexity index is 1090. The minimum atomic E-state index is 0.193. The highest BCUT2D eigenvalue weighted by Crippen LogP contribution is 2.25. The van der Waals surface area contributed by atoms with Crippen molar-refractivity contribution >= 4 is 34.6 Å². The number of imidazole rings is 1. The number of benzene rings is 3. The normalized spacial score (nSPS) is 10.9. The summed E-state index contributed by atoms with van der Waals surface area (Å²) in [5.74, 6) is 0.387. The molecule has 0 spiro atoms. The Morgan fingerprint density at radius 3 is 1.46 bits per heavy atom. The Balaban J connectivity index is 1.65. The summed E-state index contributed by atoms with van der Waals surface area (Å²) in [6, 6.07) is 22.1. The maximum absolute atomic E-state index is 9.98. The quantitative estimate of drug-likeness (QED) is 0.282. The second kappa shape index (κ2) is 7.66. The predicted octanol–water partition coefficient (Wildman–Crippen LogP) is 4.72. The highest BCUT2D eigenvalue weighted by molar-refractivity contribution is 7.71. The van der Waals surface area contributed by atoms with Gasteiger partial charge in [-0.1, -0.05) is 36.4 Å². The Labute approximate surface area is 167 Å². The van der Waals surface area contributed by atoms with Crippen LogP contribution in [0.2, 0.25) is 0 Å². The zero-order valence-corrected chi connectivity index (χ0v) is 15.9. The van der Waals surface area contributed by atoms with Crippen LogP contribution in [-0.4, -0.2) is 19.3 Å². The van der Waals surface area contributed by atoms with Crippen LogP contribution < -0.4 is 10.6 Å². The van der Waals surface area contributed by atoms with Crippen molar-refractivity contribution in [2.45, 2.75) is 13.3 Å². The van der Waals surface area contributed by atoms with Crippen LogP contribution in [0.3, 0.4) is 0 Å². The fraction of sp³-hybridized carbons (Fsp3) is 0.0952. The average molecular weight is 392 g/mol. The number of fused-ring (bicyclic) bond motifs is 1. The molecule has 4 N–H and O–H groups in total. The van der Waals surface area contributed by atoms with Gasteiger partial charge in [0, 0.05) is 0 Å². The zero-order valence-electron chi connectivity index (χ0n) is 15.0. The molecule has 0 saturated heterocycles. The number of phenolic OH excluding ortho intramolecular Hbond substituents is 2. The molecule has 142 valence electrons. The Morgan fingerprint density at radius 2 is 1.04 bits per heavy atom. The first-order valence-electron chi connectivity index (χ1n) is 8.87. The highest BCUT2D eigenvalue weighted by Gasteiger charge is 2.11. The van der Waals surface area contributed by atoms with Crippen molar-refractivity contribution in [2.24, 2.45) is 0 Å². The summed E-state index contributed by atoms with van der Waals surface area (Å²) >= 11 is 5.71. The number of para-hydroxylation sites is 6. The largest absolute Gasteiger partial charge is 0.506 e. The van der Waals surface area contributed by atoms with Gasteiger partial charge in [-0.05, 0) is 48.6 Å². The molecular weight excluding hydrogens is 372 g/mol. The van der Waals surface area contributed by atoms with Crippen LogP contribution in [0, 0.1) is 4.77 Å². The molecular formula is C21H20N4O2S. The number of anilines is 2. The summed E-state index contributed by atoms with van der Waals surface area (Å²) in [6.45, 7) is 0.834. The number of rotatable bonds is 6. The van der Waals surface area contributed by atoms with Gasteiger partial charge in [-0.15, -0.1) is 0 Å². The first kappa shape index (κ1) is 17.9.